The Balaban J connectivity index is 1.74. The second-order valence-corrected chi connectivity index (χ2v) is 7.89. The summed E-state index contributed by atoms with van der Waals surface area (Å²) in [4.78, 5) is 40.5. The zero-order valence-corrected chi connectivity index (χ0v) is 18.8. The van der Waals surface area contributed by atoms with Gasteiger partial charge in [-0.1, -0.05) is 35.9 Å². The van der Waals surface area contributed by atoms with Crippen molar-refractivity contribution in [1.82, 2.24) is 10.2 Å². The number of imide groups is 1. The minimum absolute atomic E-state index is 0.353. The van der Waals surface area contributed by atoms with Crippen LogP contribution in [0.4, 0.5) is 4.79 Å². The van der Waals surface area contributed by atoms with E-state index < -0.39 is 24.0 Å². The number of carbonyl (C=O) groups excluding carboxylic acids is 3. The second-order valence-electron chi connectivity index (χ2n) is 7.46. The largest absolute Gasteiger partial charge is 0.497 e. The molecule has 0 spiro atoms. The van der Waals surface area contributed by atoms with Gasteiger partial charge in [0.25, 0.3) is 5.91 Å². The van der Waals surface area contributed by atoms with E-state index in [2.05, 4.69) is 5.32 Å². The predicted octanol–water partition coefficient (Wildman–Crippen LogP) is 4.04. The maximum Gasteiger partial charge on any atom is 0.325 e. The maximum absolute atomic E-state index is 13.8. The van der Waals surface area contributed by atoms with Gasteiger partial charge in [-0.05, 0) is 59.7 Å². The Morgan fingerprint density at radius 2 is 1.33 bits per heavy atom. The number of methoxy groups -OCH3 is 2. The number of Topliss-reactive ketones (excluding diaryl/α,β-unsaturated/α-hetero) is 1. The molecule has 1 aliphatic rings. The second kappa shape index (κ2) is 8.96. The molecule has 1 heterocycles. The average molecular weight is 465 g/mol. The molecule has 1 N–H and O–H groups in total. The van der Waals surface area contributed by atoms with Crippen molar-refractivity contribution in [1.29, 1.82) is 0 Å². The molecule has 3 aromatic carbocycles. The van der Waals surface area contributed by atoms with Gasteiger partial charge < -0.3 is 14.8 Å². The van der Waals surface area contributed by atoms with Crippen LogP contribution in [-0.2, 0) is 10.3 Å². The number of ether oxygens (including phenoxy) is 2. The average Bonchev–Trinajstić information content (AvgIpc) is 3.10. The van der Waals surface area contributed by atoms with Crippen molar-refractivity contribution in [2.75, 3.05) is 20.8 Å². The normalized spacial score (nSPS) is 14.7. The molecule has 1 saturated heterocycles. The third-order valence-electron chi connectivity index (χ3n) is 5.62. The highest BCUT2D eigenvalue weighted by atomic mass is 35.5. The Morgan fingerprint density at radius 1 is 0.848 bits per heavy atom. The highest BCUT2D eigenvalue weighted by Gasteiger charge is 2.54. The molecule has 33 heavy (non-hydrogen) atoms. The standard InChI is InChI=1S/C25H21ClN2O5/c1-32-20-11-5-17(6-12-20)25(18-7-13-21(33-2)14-8-18)23(30)28(24(31)27-25)15-22(29)16-3-9-19(26)10-4-16/h3-14H,15H2,1-2H3,(H,27,31). The number of nitrogens with one attached hydrogen (secondary N) is 1. The number of rotatable bonds is 7. The Kier molecular flexibility index (Phi) is 6.07. The first-order chi connectivity index (χ1) is 15.9. The maximum atomic E-state index is 13.8. The minimum atomic E-state index is -1.50. The molecule has 1 aliphatic heterocycles. The van der Waals surface area contributed by atoms with Crippen LogP contribution in [0.2, 0.25) is 5.02 Å². The van der Waals surface area contributed by atoms with Crippen LogP contribution in [0, 0.1) is 0 Å². The lowest BCUT2D eigenvalue weighted by Gasteiger charge is -2.28. The third kappa shape index (κ3) is 4.03. The fourth-order valence-corrected chi connectivity index (χ4v) is 3.96. The first-order valence-corrected chi connectivity index (χ1v) is 10.5. The molecule has 0 aliphatic carbocycles. The van der Waals surface area contributed by atoms with Crippen molar-refractivity contribution < 1.29 is 23.9 Å². The summed E-state index contributed by atoms with van der Waals surface area (Å²) in [6.45, 7) is -0.402. The quantitative estimate of drug-likeness (QED) is 0.421. The van der Waals surface area contributed by atoms with Crippen molar-refractivity contribution >= 4 is 29.3 Å². The topological polar surface area (TPSA) is 84.9 Å². The molecule has 3 aromatic rings. The van der Waals surface area contributed by atoms with Gasteiger partial charge in [0, 0.05) is 10.6 Å². The van der Waals surface area contributed by atoms with Gasteiger partial charge in [0.05, 0.1) is 20.8 Å². The van der Waals surface area contributed by atoms with E-state index in [1.807, 2.05) is 0 Å². The molecule has 8 heteroatoms. The van der Waals surface area contributed by atoms with Crippen LogP contribution in [0.5, 0.6) is 11.5 Å². The molecular weight excluding hydrogens is 444 g/mol. The molecule has 7 nitrogen and oxygen atoms in total. The van der Waals surface area contributed by atoms with Gasteiger partial charge in [-0.15, -0.1) is 0 Å². The molecule has 0 aromatic heterocycles. The summed E-state index contributed by atoms with van der Waals surface area (Å²) in [6, 6.07) is 19.3. The van der Waals surface area contributed by atoms with Gasteiger partial charge in [0.1, 0.15) is 11.5 Å². The van der Waals surface area contributed by atoms with Crippen molar-refractivity contribution in [3.8, 4) is 11.5 Å². The van der Waals surface area contributed by atoms with Crippen molar-refractivity contribution in [3.05, 3.63) is 94.5 Å². The van der Waals surface area contributed by atoms with Crippen LogP contribution in [-0.4, -0.2) is 43.4 Å². The van der Waals surface area contributed by atoms with E-state index >= 15 is 0 Å². The summed E-state index contributed by atoms with van der Waals surface area (Å²) in [5, 5.41) is 3.31. The highest BCUT2D eigenvalue weighted by Crippen LogP contribution is 2.37. The van der Waals surface area contributed by atoms with Crippen LogP contribution < -0.4 is 14.8 Å². The van der Waals surface area contributed by atoms with Crippen LogP contribution in [0.1, 0.15) is 21.5 Å². The number of ketones is 1. The fourth-order valence-electron chi connectivity index (χ4n) is 3.83. The summed E-state index contributed by atoms with van der Waals surface area (Å²) in [5.41, 5.74) is -0.0801. The Labute approximate surface area is 195 Å². The number of nitrogens with zero attached hydrogens (tertiary/aromatic N) is 1. The lowest BCUT2D eigenvalue weighted by molar-refractivity contribution is -0.129. The fraction of sp³-hybridized carbons (Fsp3) is 0.160. The molecule has 0 atom stereocenters. The Hall–Kier alpha value is -3.84. The summed E-state index contributed by atoms with van der Waals surface area (Å²) >= 11 is 5.89. The molecule has 3 amide bonds. The van der Waals surface area contributed by atoms with Gasteiger partial charge in [-0.25, -0.2) is 4.79 Å². The van der Waals surface area contributed by atoms with Gasteiger partial charge >= 0.3 is 6.03 Å². The molecule has 0 saturated carbocycles. The predicted molar refractivity (Wildman–Crippen MR) is 123 cm³/mol. The number of carbonyl (C=O) groups is 3. The Morgan fingerprint density at radius 3 is 1.79 bits per heavy atom. The van der Waals surface area contributed by atoms with E-state index in [0.29, 0.717) is 33.2 Å². The van der Waals surface area contributed by atoms with E-state index in [1.165, 1.54) is 0 Å². The smallest absolute Gasteiger partial charge is 0.325 e. The van der Waals surface area contributed by atoms with E-state index in [9.17, 15) is 14.4 Å². The first-order valence-electron chi connectivity index (χ1n) is 10.1. The van der Waals surface area contributed by atoms with Crippen LogP contribution >= 0.6 is 11.6 Å². The first kappa shape index (κ1) is 22.4. The lowest BCUT2D eigenvalue weighted by atomic mass is 9.82. The minimum Gasteiger partial charge on any atom is -0.497 e. The zero-order valence-electron chi connectivity index (χ0n) is 18.0. The molecule has 1 fully saturated rings. The number of halogens is 1. The van der Waals surface area contributed by atoms with Gasteiger partial charge in [-0.3, -0.25) is 14.5 Å². The molecule has 0 unspecified atom stereocenters. The molecule has 0 bridgehead atoms. The van der Waals surface area contributed by atoms with Crippen molar-refractivity contribution in [3.63, 3.8) is 0 Å². The molecule has 4 rings (SSSR count). The monoisotopic (exact) mass is 464 g/mol. The summed E-state index contributed by atoms with van der Waals surface area (Å²) in [7, 11) is 3.09. The van der Waals surface area contributed by atoms with Crippen LogP contribution in [0.15, 0.2) is 72.8 Å². The molecule has 168 valence electrons. The number of amides is 3. The number of hydrogen-bond acceptors (Lipinski definition) is 5. The summed E-state index contributed by atoms with van der Waals surface area (Å²) < 4.78 is 10.5. The van der Waals surface area contributed by atoms with Crippen molar-refractivity contribution in [2.24, 2.45) is 0 Å². The number of hydrogen-bond donors (Lipinski definition) is 1. The SMILES string of the molecule is COc1ccc(C2(c3ccc(OC)cc3)NC(=O)N(CC(=O)c3ccc(Cl)cc3)C2=O)cc1. The zero-order chi connectivity index (χ0) is 23.6. The van der Waals surface area contributed by atoms with Crippen LogP contribution in [0.25, 0.3) is 0 Å². The van der Waals surface area contributed by atoms with E-state index in [0.717, 1.165) is 4.90 Å². The van der Waals surface area contributed by atoms with E-state index in [-0.39, 0.29) is 5.78 Å². The third-order valence-corrected chi connectivity index (χ3v) is 5.87. The van der Waals surface area contributed by atoms with Gasteiger partial charge in [0.15, 0.2) is 11.3 Å². The summed E-state index contributed by atoms with van der Waals surface area (Å²) in [5.74, 6) is 0.283. The van der Waals surface area contributed by atoms with Crippen LogP contribution in [0.3, 0.4) is 0 Å². The van der Waals surface area contributed by atoms with Gasteiger partial charge in [0.2, 0.25) is 0 Å². The van der Waals surface area contributed by atoms with Crippen molar-refractivity contribution in [2.45, 2.75) is 5.54 Å². The molecular formula is C25H21ClN2O5. The lowest BCUT2D eigenvalue weighted by Crippen LogP contribution is -2.45. The van der Waals surface area contributed by atoms with E-state index in [4.69, 9.17) is 21.1 Å². The summed E-state index contributed by atoms with van der Waals surface area (Å²) in [6.07, 6.45) is 0. The number of urea groups is 1. The molecule has 0 radical (unpaired) electrons. The highest BCUT2D eigenvalue weighted by molar-refractivity contribution is 6.30. The van der Waals surface area contributed by atoms with E-state index in [1.54, 1.807) is 87.0 Å². The number of benzene rings is 3. The van der Waals surface area contributed by atoms with Gasteiger partial charge in [-0.2, -0.15) is 0 Å². The Bertz CT molecular complexity index is 1140.